The van der Waals surface area contributed by atoms with E-state index in [2.05, 4.69) is 0 Å². The van der Waals surface area contributed by atoms with Crippen LogP contribution in [0.4, 0.5) is 4.39 Å². The fraction of sp³-hybridized carbons (Fsp3) is 0.200. The van der Waals surface area contributed by atoms with Crippen molar-refractivity contribution in [1.29, 1.82) is 0 Å². The van der Waals surface area contributed by atoms with Crippen LogP contribution < -0.4 is 5.73 Å². The largest absolute Gasteiger partial charge is 0.326 e. The van der Waals surface area contributed by atoms with Gasteiger partial charge in [0.1, 0.15) is 5.82 Å². The van der Waals surface area contributed by atoms with Gasteiger partial charge >= 0.3 is 0 Å². The third-order valence-corrected chi connectivity index (χ3v) is 4.71. The topological polar surface area (TPSA) is 60.2 Å². The second-order valence-corrected chi connectivity index (χ2v) is 6.70. The van der Waals surface area contributed by atoms with E-state index in [1.165, 1.54) is 18.2 Å². The van der Waals surface area contributed by atoms with E-state index in [1.807, 2.05) is 13.0 Å². The predicted molar refractivity (Wildman–Crippen MR) is 76.4 cm³/mol. The molecule has 0 spiro atoms. The molecule has 0 unspecified atom stereocenters. The molecule has 2 aromatic carbocycles. The molecule has 106 valence electrons. The summed E-state index contributed by atoms with van der Waals surface area (Å²) in [6.45, 7) is 2.04. The number of nitrogens with two attached hydrogens (primary N) is 1. The molecule has 0 saturated carbocycles. The average Bonchev–Trinajstić information content (AvgIpc) is 2.41. The third kappa shape index (κ3) is 3.23. The van der Waals surface area contributed by atoms with E-state index in [0.29, 0.717) is 5.56 Å². The summed E-state index contributed by atoms with van der Waals surface area (Å²) in [5.74, 6) is -0.892. The lowest BCUT2D eigenvalue weighted by Gasteiger charge is -2.07. The van der Waals surface area contributed by atoms with E-state index in [9.17, 15) is 12.8 Å². The summed E-state index contributed by atoms with van der Waals surface area (Å²) >= 11 is 0. The van der Waals surface area contributed by atoms with E-state index in [-0.39, 0.29) is 22.8 Å². The summed E-state index contributed by atoms with van der Waals surface area (Å²) in [5, 5.41) is 0. The molecule has 2 N–H and O–H groups in total. The zero-order valence-corrected chi connectivity index (χ0v) is 12.0. The Morgan fingerprint density at radius 2 is 1.90 bits per heavy atom. The van der Waals surface area contributed by atoms with Gasteiger partial charge in [-0.2, -0.15) is 0 Å². The van der Waals surface area contributed by atoms with Crippen LogP contribution in [0.15, 0.2) is 47.4 Å². The highest BCUT2D eigenvalue weighted by atomic mass is 32.2. The molecule has 5 heteroatoms. The number of hydrogen-bond acceptors (Lipinski definition) is 3. The molecule has 20 heavy (non-hydrogen) atoms. The van der Waals surface area contributed by atoms with Crippen molar-refractivity contribution in [3.8, 4) is 0 Å². The molecule has 0 fully saturated rings. The van der Waals surface area contributed by atoms with Crippen LogP contribution in [0.3, 0.4) is 0 Å². The number of rotatable bonds is 4. The van der Waals surface area contributed by atoms with Gasteiger partial charge in [0, 0.05) is 12.1 Å². The molecular weight excluding hydrogens is 277 g/mol. The van der Waals surface area contributed by atoms with Crippen LogP contribution in [-0.2, 0) is 22.1 Å². The van der Waals surface area contributed by atoms with Gasteiger partial charge in [-0.25, -0.2) is 12.8 Å². The number of aryl methyl sites for hydroxylation is 1. The van der Waals surface area contributed by atoms with Crippen molar-refractivity contribution in [3.05, 3.63) is 65.0 Å². The summed E-state index contributed by atoms with van der Waals surface area (Å²) in [6.07, 6.45) is 0. The highest BCUT2D eigenvalue weighted by Gasteiger charge is 2.17. The minimum absolute atomic E-state index is 0.156. The standard InChI is InChI=1S/C15H16FNO2S/c1-11-3-2-4-14(7-11)20(18,19)10-13-6-5-12(9-17)8-15(13)16/h2-8H,9-10,17H2,1H3. The zero-order chi connectivity index (χ0) is 14.8. The molecule has 0 aromatic heterocycles. The number of benzene rings is 2. The fourth-order valence-corrected chi connectivity index (χ4v) is 3.39. The molecule has 2 rings (SSSR count). The van der Waals surface area contributed by atoms with Crippen LogP contribution >= 0.6 is 0 Å². The van der Waals surface area contributed by atoms with Gasteiger partial charge in [0.25, 0.3) is 0 Å². The van der Waals surface area contributed by atoms with E-state index in [0.717, 1.165) is 5.56 Å². The smallest absolute Gasteiger partial charge is 0.182 e. The van der Waals surface area contributed by atoms with Gasteiger partial charge in [0.15, 0.2) is 9.84 Å². The Kier molecular flexibility index (Phi) is 4.20. The van der Waals surface area contributed by atoms with Crippen LogP contribution in [0.25, 0.3) is 0 Å². The Labute approximate surface area is 118 Å². The number of sulfone groups is 1. The molecule has 0 atom stereocenters. The summed E-state index contributed by atoms with van der Waals surface area (Å²) in [5.41, 5.74) is 7.07. The van der Waals surface area contributed by atoms with Gasteiger partial charge < -0.3 is 5.73 Å². The first-order valence-corrected chi connectivity index (χ1v) is 7.84. The maximum absolute atomic E-state index is 13.8. The second-order valence-electron chi connectivity index (χ2n) is 4.71. The van der Waals surface area contributed by atoms with Gasteiger partial charge in [-0.3, -0.25) is 0 Å². The summed E-state index contributed by atoms with van der Waals surface area (Å²) < 4.78 is 38.4. The first kappa shape index (κ1) is 14.7. The van der Waals surface area contributed by atoms with Crippen molar-refractivity contribution < 1.29 is 12.8 Å². The van der Waals surface area contributed by atoms with Gasteiger partial charge in [-0.1, -0.05) is 24.3 Å². The fourth-order valence-electron chi connectivity index (χ4n) is 1.93. The SMILES string of the molecule is Cc1cccc(S(=O)(=O)Cc2ccc(CN)cc2F)c1. The Morgan fingerprint density at radius 3 is 2.50 bits per heavy atom. The number of hydrogen-bond donors (Lipinski definition) is 1. The maximum Gasteiger partial charge on any atom is 0.182 e. The molecule has 0 amide bonds. The summed E-state index contributed by atoms with van der Waals surface area (Å²) in [4.78, 5) is 0.208. The average molecular weight is 293 g/mol. The monoisotopic (exact) mass is 293 g/mol. The Morgan fingerprint density at radius 1 is 1.15 bits per heavy atom. The van der Waals surface area contributed by atoms with Crippen molar-refractivity contribution in [2.45, 2.75) is 24.1 Å². The quantitative estimate of drug-likeness (QED) is 0.942. The van der Waals surface area contributed by atoms with Crippen molar-refractivity contribution in [2.75, 3.05) is 0 Å². The lowest BCUT2D eigenvalue weighted by atomic mass is 10.1. The molecule has 0 bridgehead atoms. The Balaban J connectivity index is 2.33. The molecule has 0 aliphatic carbocycles. The van der Waals surface area contributed by atoms with Crippen molar-refractivity contribution >= 4 is 9.84 Å². The molecule has 0 heterocycles. The molecule has 0 radical (unpaired) electrons. The Hall–Kier alpha value is -1.72. The Bertz CT molecular complexity index is 726. The highest BCUT2D eigenvalue weighted by Crippen LogP contribution is 2.20. The highest BCUT2D eigenvalue weighted by molar-refractivity contribution is 7.90. The molecule has 0 aliphatic heterocycles. The molecule has 2 aromatic rings. The summed E-state index contributed by atoms with van der Waals surface area (Å²) in [7, 11) is -3.55. The van der Waals surface area contributed by atoms with E-state index >= 15 is 0 Å². The van der Waals surface area contributed by atoms with Crippen molar-refractivity contribution in [1.82, 2.24) is 0 Å². The van der Waals surface area contributed by atoms with E-state index in [4.69, 9.17) is 5.73 Å². The van der Waals surface area contributed by atoms with Crippen molar-refractivity contribution in [3.63, 3.8) is 0 Å². The molecular formula is C15H16FNO2S. The molecule has 3 nitrogen and oxygen atoms in total. The van der Waals surface area contributed by atoms with Crippen molar-refractivity contribution in [2.24, 2.45) is 5.73 Å². The summed E-state index contributed by atoms with van der Waals surface area (Å²) in [6, 6.07) is 11.0. The van der Waals surface area contributed by atoms with Crippen LogP contribution in [0.2, 0.25) is 0 Å². The third-order valence-electron chi connectivity index (χ3n) is 3.05. The van der Waals surface area contributed by atoms with Crippen LogP contribution in [0, 0.1) is 12.7 Å². The first-order valence-electron chi connectivity index (χ1n) is 6.19. The lowest BCUT2D eigenvalue weighted by Crippen LogP contribution is -2.07. The van der Waals surface area contributed by atoms with Gasteiger partial charge in [-0.05, 0) is 36.2 Å². The van der Waals surface area contributed by atoms with E-state index in [1.54, 1.807) is 18.2 Å². The zero-order valence-electron chi connectivity index (χ0n) is 11.1. The minimum atomic E-state index is -3.55. The van der Waals surface area contributed by atoms with Gasteiger partial charge in [0.2, 0.25) is 0 Å². The van der Waals surface area contributed by atoms with Crippen LogP contribution in [-0.4, -0.2) is 8.42 Å². The lowest BCUT2D eigenvalue weighted by molar-refractivity contribution is 0.586. The maximum atomic E-state index is 13.8. The van der Waals surface area contributed by atoms with E-state index < -0.39 is 15.7 Å². The second kappa shape index (κ2) is 5.73. The van der Waals surface area contributed by atoms with Gasteiger partial charge in [-0.15, -0.1) is 0 Å². The molecule has 0 saturated heterocycles. The van der Waals surface area contributed by atoms with Gasteiger partial charge in [0.05, 0.1) is 10.6 Å². The normalized spacial score (nSPS) is 11.6. The number of halogens is 1. The van der Waals surface area contributed by atoms with Crippen LogP contribution in [0.1, 0.15) is 16.7 Å². The molecule has 0 aliphatic rings. The van der Waals surface area contributed by atoms with Crippen LogP contribution in [0.5, 0.6) is 0 Å². The predicted octanol–water partition coefficient (Wildman–Crippen LogP) is 2.57. The minimum Gasteiger partial charge on any atom is -0.326 e. The first-order chi connectivity index (χ1) is 9.42.